The number of hydrogen-bond acceptors (Lipinski definition) is 4. The first kappa shape index (κ1) is 16.5. The summed E-state index contributed by atoms with van der Waals surface area (Å²) in [5.41, 5.74) is 8.63. The lowest BCUT2D eigenvalue weighted by atomic mass is 10.3. The minimum absolute atomic E-state index is 0.0347. The van der Waals surface area contributed by atoms with Crippen molar-refractivity contribution in [2.75, 3.05) is 5.73 Å². The Morgan fingerprint density at radius 1 is 1.19 bits per heavy atom. The number of hydrogen-bond donors (Lipinski definition) is 2. The summed E-state index contributed by atoms with van der Waals surface area (Å²) >= 11 is 0. The SMILES string of the molecule is CC.Cc1cnc2ccn(C)c2c1.Nc1ncccc1O. The Labute approximate surface area is 125 Å². The third kappa shape index (κ3) is 4.49. The molecule has 0 unspecified atom stereocenters. The van der Waals surface area contributed by atoms with Gasteiger partial charge in [-0.15, -0.1) is 0 Å². The van der Waals surface area contributed by atoms with Crippen molar-refractivity contribution in [2.45, 2.75) is 20.8 Å². The molecule has 112 valence electrons. The van der Waals surface area contributed by atoms with E-state index >= 15 is 0 Å². The smallest absolute Gasteiger partial charge is 0.165 e. The van der Waals surface area contributed by atoms with Crippen LogP contribution in [-0.2, 0) is 7.05 Å². The molecule has 0 aliphatic heterocycles. The first-order valence-corrected chi connectivity index (χ1v) is 6.85. The largest absolute Gasteiger partial charge is 0.504 e. The molecular weight excluding hydrogens is 264 g/mol. The second-order valence-electron chi connectivity index (χ2n) is 4.25. The molecule has 0 atom stereocenters. The molecule has 3 heterocycles. The number of nitrogen functional groups attached to an aromatic ring is 1. The molecular formula is C16H22N4O. The average Bonchev–Trinajstić information content (AvgIpc) is 2.86. The fraction of sp³-hybridized carbons (Fsp3) is 0.250. The summed E-state index contributed by atoms with van der Waals surface area (Å²) in [6.45, 7) is 6.06. The van der Waals surface area contributed by atoms with Crippen LogP contribution in [0.3, 0.4) is 0 Å². The highest BCUT2D eigenvalue weighted by Gasteiger charge is 1.97. The van der Waals surface area contributed by atoms with E-state index in [9.17, 15) is 0 Å². The quantitative estimate of drug-likeness (QED) is 0.665. The zero-order chi connectivity index (χ0) is 15.8. The minimum atomic E-state index is 0.0347. The number of anilines is 1. The summed E-state index contributed by atoms with van der Waals surface area (Å²) in [6.07, 6.45) is 5.44. The summed E-state index contributed by atoms with van der Waals surface area (Å²) in [5.74, 6) is 0.208. The number of aromatic hydroxyl groups is 1. The van der Waals surface area contributed by atoms with Gasteiger partial charge in [0.1, 0.15) is 0 Å². The number of pyridine rings is 2. The Morgan fingerprint density at radius 3 is 2.48 bits per heavy atom. The van der Waals surface area contributed by atoms with Gasteiger partial charge < -0.3 is 15.4 Å². The Kier molecular flexibility index (Phi) is 6.20. The standard InChI is InChI=1S/C9H10N2.C5H6N2O.C2H6/c1-7-5-9-8(10-6-7)3-4-11(9)2;6-5-4(8)2-1-3-7-5;1-2/h3-6H,1-2H3;1-3,8H,(H2,6,7);1-2H3. The second-order valence-corrected chi connectivity index (χ2v) is 4.25. The van der Waals surface area contributed by atoms with E-state index < -0.39 is 0 Å². The normalized spacial score (nSPS) is 9.33. The van der Waals surface area contributed by atoms with Crippen LogP contribution in [0.1, 0.15) is 19.4 Å². The molecule has 0 amide bonds. The van der Waals surface area contributed by atoms with E-state index in [1.807, 2.05) is 39.4 Å². The minimum Gasteiger partial charge on any atom is -0.504 e. The van der Waals surface area contributed by atoms with Crippen LogP contribution < -0.4 is 5.73 Å². The zero-order valence-electron chi connectivity index (χ0n) is 12.9. The Bertz CT molecular complexity index is 671. The molecule has 0 saturated heterocycles. The highest BCUT2D eigenvalue weighted by molar-refractivity contribution is 5.75. The van der Waals surface area contributed by atoms with Crippen LogP contribution in [0.15, 0.2) is 42.9 Å². The van der Waals surface area contributed by atoms with Crippen LogP contribution in [-0.4, -0.2) is 19.6 Å². The van der Waals surface area contributed by atoms with Crippen molar-refractivity contribution in [2.24, 2.45) is 7.05 Å². The fourth-order valence-electron chi connectivity index (χ4n) is 1.65. The van der Waals surface area contributed by atoms with E-state index in [1.54, 1.807) is 6.07 Å². The van der Waals surface area contributed by atoms with Crippen molar-refractivity contribution in [3.05, 3.63) is 48.4 Å². The highest BCUT2D eigenvalue weighted by Crippen LogP contribution is 2.13. The second kappa shape index (κ2) is 7.89. The molecule has 0 spiro atoms. The van der Waals surface area contributed by atoms with E-state index in [0.29, 0.717) is 0 Å². The summed E-state index contributed by atoms with van der Waals surface area (Å²) < 4.78 is 2.08. The summed E-state index contributed by atoms with van der Waals surface area (Å²) in [7, 11) is 2.03. The highest BCUT2D eigenvalue weighted by atomic mass is 16.3. The maximum Gasteiger partial charge on any atom is 0.165 e. The molecule has 3 N–H and O–H groups in total. The average molecular weight is 286 g/mol. The Hall–Kier alpha value is -2.56. The van der Waals surface area contributed by atoms with Crippen molar-refractivity contribution in [1.82, 2.24) is 14.5 Å². The van der Waals surface area contributed by atoms with Crippen LogP contribution >= 0.6 is 0 Å². The summed E-state index contributed by atoms with van der Waals surface area (Å²) in [5, 5.41) is 8.73. The van der Waals surface area contributed by atoms with Gasteiger partial charge in [0.05, 0.1) is 11.0 Å². The van der Waals surface area contributed by atoms with Crippen molar-refractivity contribution >= 4 is 16.9 Å². The monoisotopic (exact) mass is 286 g/mol. The Balaban J connectivity index is 0.000000196. The molecule has 0 aliphatic rings. The predicted octanol–water partition coefficient (Wildman–Crippen LogP) is 3.28. The van der Waals surface area contributed by atoms with Crippen molar-refractivity contribution in [3.63, 3.8) is 0 Å². The van der Waals surface area contributed by atoms with Gasteiger partial charge in [-0.2, -0.15) is 0 Å². The number of aryl methyl sites for hydroxylation is 2. The molecule has 3 aromatic heterocycles. The van der Waals surface area contributed by atoms with Gasteiger partial charge in [0.15, 0.2) is 11.6 Å². The lowest BCUT2D eigenvalue weighted by molar-refractivity contribution is 0.476. The molecule has 0 saturated carbocycles. The summed E-state index contributed by atoms with van der Waals surface area (Å²) in [6, 6.07) is 7.27. The van der Waals surface area contributed by atoms with Crippen LogP contribution in [0.4, 0.5) is 5.82 Å². The van der Waals surface area contributed by atoms with E-state index in [2.05, 4.69) is 27.5 Å². The molecule has 0 aromatic carbocycles. The van der Waals surface area contributed by atoms with E-state index in [4.69, 9.17) is 10.8 Å². The van der Waals surface area contributed by atoms with Gasteiger partial charge in [-0.25, -0.2) is 4.98 Å². The van der Waals surface area contributed by atoms with Crippen LogP contribution in [0.25, 0.3) is 11.0 Å². The van der Waals surface area contributed by atoms with Gasteiger partial charge in [-0.05, 0) is 36.8 Å². The third-order valence-electron chi connectivity index (χ3n) is 2.69. The lowest BCUT2D eigenvalue weighted by Gasteiger charge is -1.95. The predicted molar refractivity (Wildman–Crippen MR) is 87.1 cm³/mol. The third-order valence-corrected chi connectivity index (χ3v) is 2.69. The number of nitrogens with two attached hydrogens (primary N) is 1. The van der Waals surface area contributed by atoms with Gasteiger partial charge >= 0.3 is 0 Å². The van der Waals surface area contributed by atoms with Crippen molar-refractivity contribution < 1.29 is 5.11 Å². The van der Waals surface area contributed by atoms with Crippen molar-refractivity contribution in [1.29, 1.82) is 0 Å². The topological polar surface area (TPSA) is 77.0 Å². The molecule has 5 heteroatoms. The molecule has 3 rings (SSSR count). The molecule has 0 aliphatic carbocycles. The number of aromatic nitrogens is 3. The molecule has 0 bridgehead atoms. The van der Waals surface area contributed by atoms with Gasteiger partial charge in [0, 0.05) is 25.6 Å². The molecule has 21 heavy (non-hydrogen) atoms. The molecule has 3 aromatic rings. The van der Waals surface area contributed by atoms with Crippen LogP contribution in [0.5, 0.6) is 5.75 Å². The Morgan fingerprint density at radius 2 is 1.90 bits per heavy atom. The van der Waals surface area contributed by atoms with E-state index in [-0.39, 0.29) is 11.6 Å². The van der Waals surface area contributed by atoms with Gasteiger partial charge in [-0.1, -0.05) is 13.8 Å². The first-order chi connectivity index (χ1) is 10.1. The van der Waals surface area contributed by atoms with Crippen molar-refractivity contribution in [3.8, 4) is 5.75 Å². The zero-order valence-corrected chi connectivity index (χ0v) is 12.9. The maximum atomic E-state index is 8.73. The fourth-order valence-corrected chi connectivity index (χ4v) is 1.65. The molecule has 0 fully saturated rings. The number of nitrogens with zero attached hydrogens (tertiary/aromatic N) is 3. The number of rotatable bonds is 0. The van der Waals surface area contributed by atoms with Gasteiger partial charge in [-0.3, -0.25) is 4.98 Å². The van der Waals surface area contributed by atoms with Crippen LogP contribution in [0, 0.1) is 6.92 Å². The van der Waals surface area contributed by atoms with E-state index in [0.717, 1.165) is 5.52 Å². The number of fused-ring (bicyclic) bond motifs is 1. The van der Waals surface area contributed by atoms with Crippen LogP contribution in [0.2, 0.25) is 0 Å². The van der Waals surface area contributed by atoms with E-state index in [1.165, 1.54) is 23.3 Å². The first-order valence-electron chi connectivity index (χ1n) is 6.85. The molecule has 0 radical (unpaired) electrons. The maximum absolute atomic E-state index is 8.73. The molecule has 5 nitrogen and oxygen atoms in total. The van der Waals surface area contributed by atoms with Gasteiger partial charge in [0.25, 0.3) is 0 Å². The lowest BCUT2D eigenvalue weighted by Crippen LogP contribution is -1.87. The van der Waals surface area contributed by atoms with Gasteiger partial charge in [0.2, 0.25) is 0 Å². The summed E-state index contributed by atoms with van der Waals surface area (Å²) in [4.78, 5) is 7.89.